The lowest BCUT2D eigenvalue weighted by Gasteiger charge is -2.20. The van der Waals surface area contributed by atoms with Gasteiger partial charge in [-0.15, -0.1) is 0 Å². The zero-order chi connectivity index (χ0) is 19.9. The molecule has 0 spiro atoms. The molecule has 2 aromatic carbocycles. The Bertz CT molecular complexity index is 913. The Kier molecular flexibility index (Phi) is 6.27. The van der Waals surface area contributed by atoms with Crippen molar-refractivity contribution in [3.63, 3.8) is 0 Å². The largest absolute Gasteiger partial charge is 0.494 e. The molecular formula is C24H27N2O3+. The zero-order valence-corrected chi connectivity index (χ0v) is 16.8. The lowest BCUT2D eigenvalue weighted by molar-refractivity contribution is -0.927. The summed E-state index contributed by atoms with van der Waals surface area (Å²) in [5, 5.41) is 0. The van der Waals surface area contributed by atoms with Gasteiger partial charge in [0.1, 0.15) is 18.8 Å². The number of hydrogen-bond donors (Lipinski definition) is 1. The molecule has 0 aliphatic carbocycles. The monoisotopic (exact) mass is 391 g/mol. The van der Waals surface area contributed by atoms with Gasteiger partial charge in [-0.2, -0.15) is 0 Å². The highest BCUT2D eigenvalue weighted by Gasteiger charge is 2.15. The van der Waals surface area contributed by atoms with E-state index in [0.717, 1.165) is 43.3 Å². The van der Waals surface area contributed by atoms with Crippen molar-refractivity contribution in [3.05, 3.63) is 83.7 Å². The molecule has 2 heterocycles. The smallest absolute Gasteiger partial charge is 0.231 e. The van der Waals surface area contributed by atoms with E-state index in [0.29, 0.717) is 13.4 Å². The second-order valence-corrected chi connectivity index (χ2v) is 7.23. The first-order valence-electron chi connectivity index (χ1n) is 10.1. The number of pyridine rings is 1. The van der Waals surface area contributed by atoms with E-state index in [-0.39, 0.29) is 0 Å². The predicted octanol–water partition coefficient (Wildman–Crippen LogP) is 3.04. The van der Waals surface area contributed by atoms with Crippen LogP contribution in [0.4, 0.5) is 0 Å². The fourth-order valence-electron chi connectivity index (χ4n) is 3.61. The quantitative estimate of drug-likeness (QED) is 0.609. The van der Waals surface area contributed by atoms with E-state index in [1.54, 1.807) is 0 Å². The van der Waals surface area contributed by atoms with Gasteiger partial charge in [0.15, 0.2) is 11.5 Å². The minimum absolute atomic E-state index is 0.314. The first-order valence-corrected chi connectivity index (χ1v) is 10.1. The van der Waals surface area contributed by atoms with Gasteiger partial charge in [-0.05, 0) is 55.0 Å². The van der Waals surface area contributed by atoms with E-state index in [1.807, 2.05) is 31.5 Å². The number of ether oxygens (including phenoxy) is 3. The molecule has 0 saturated heterocycles. The van der Waals surface area contributed by atoms with Crippen LogP contribution in [0.5, 0.6) is 17.2 Å². The molecule has 0 bridgehead atoms. The van der Waals surface area contributed by atoms with Crippen molar-refractivity contribution in [3.8, 4) is 17.2 Å². The molecule has 0 saturated carbocycles. The van der Waals surface area contributed by atoms with Crippen LogP contribution >= 0.6 is 0 Å². The van der Waals surface area contributed by atoms with Crippen molar-refractivity contribution in [1.29, 1.82) is 0 Å². The maximum absolute atomic E-state index is 5.57. The minimum Gasteiger partial charge on any atom is -0.494 e. The van der Waals surface area contributed by atoms with Crippen LogP contribution in [-0.2, 0) is 19.5 Å². The second kappa shape index (κ2) is 9.43. The zero-order valence-electron chi connectivity index (χ0n) is 16.8. The van der Waals surface area contributed by atoms with Crippen LogP contribution in [0.3, 0.4) is 0 Å². The Labute approximate surface area is 171 Å². The molecule has 1 unspecified atom stereocenters. The first kappa shape index (κ1) is 19.3. The van der Waals surface area contributed by atoms with Gasteiger partial charge < -0.3 is 19.1 Å². The van der Waals surface area contributed by atoms with E-state index in [1.165, 1.54) is 21.6 Å². The molecular weight excluding hydrogens is 364 g/mol. The number of aromatic nitrogens is 1. The van der Waals surface area contributed by atoms with Gasteiger partial charge in [0.05, 0.1) is 13.2 Å². The van der Waals surface area contributed by atoms with Crippen molar-refractivity contribution in [2.45, 2.75) is 26.4 Å². The fraction of sp³-hybridized carbons (Fsp3) is 0.292. The number of rotatable bonds is 9. The molecule has 4 rings (SSSR count). The average molecular weight is 391 g/mol. The lowest BCUT2D eigenvalue weighted by Crippen LogP contribution is -3.09. The summed E-state index contributed by atoms with van der Waals surface area (Å²) in [6, 6.07) is 18.8. The summed E-state index contributed by atoms with van der Waals surface area (Å²) in [6.07, 6.45) is 4.75. The first-order chi connectivity index (χ1) is 14.3. The minimum atomic E-state index is 0.314. The number of hydrogen-bond acceptors (Lipinski definition) is 4. The summed E-state index contributed by atoms with van der Waals surface area (Å²) in [4.78, 5) is 5.76. The van der Waals surface area contributed by atoms with Gasteiger partial charge in [-0.25, -0.2) is 0 Å². The molecule has 0 radical (unpaired) electrons. The van der Waals surface area contributed by atoms with E-state index in [4.69, 9.17) is 14.2 Å². The molecule has 150 valence electrons. The van der Waals surface area contributed by atoms with Crippen LogP contribution in [0.2, 0.25) is 0 Å². The molecule has 1 atom stereocenters. The van der Waals surface area contributed by atoms with E-state index in [2.05, 4.69) is 47.4 Å². The maximum atomic E-state index is 5.57. The van der Waals surface area contributed by atoms with Gasteiger partial charge in [-0.1, -0.05) is 12.1 Å². The van der Waals surface area contributed by atoms with Gasteiger partial charge in [0, 0.05) is 29.9 Å². The maximum Gasteiger partial charge on any atom is 0.231 e. The summed E-state index contributed by atoms with van der Waals surface area (Å²) in [6.45, 7) is 5.91. The van der Waals surface area contributed by atoms with E-state index >= 15 is 0 Å². The van der Waals surface area contributed by atoms with Crippen LogP contribution in [0.25, 0.3) is 0 Å². The number of nitrogens with zero attached hydrogens (tertiary/aromatic N) is 1. The number of quaternary nitrogens is 1. The van der Waals surface area contributed by atoms with Crippen LogP contribution in [-0.4, -0.2) is 24.9 Å². The molecule has 5 nitrogen and oxygen atoms in total. The third-order valence-corrected chi connectivity index (χ3v) is 5.07. The van der Waals surface area contributed by atoms with Gasteiger partial charge in [0.25, 0.3) is 0 Å². The molecule has 1 aliphatic rings. The highest BCUT2D eigenvalue weighted by Crippen LogP contribution is 2.32. The van der Waals surface area contributed by atoms with Gasteiger partial charge in [0.2, 0.25) is 6.79 Å². The predicted molar refractivity (Wildman–Crippen MR) is 111 cm³/mol. The van der Waals surface area contributed by atoms with Gasteiger partial charge in [-0.3, -0.25) is 4.98 Å². The average Bonchev–Trinajstić information content (AvgIpc) is 3.22. The van der Waals surface area contributed by atoms with Crippen molar-refractivity contribution in [2.24, 2.45) is 0 Å². The summed E-state index contributed by atoms with van der Waals surface area (Å²) >= 11 is 0. The summed E-state index contributed by atoms with van der Waals surface area (Å²) in [5.74, 6) is 2.61. The molecule has 0 fully saturated rings. The molecule has 1 aromatic heterocycles. The van der Waals surface area contributed by atoms with E-state index in [9.17, 15) is 0 Å². The van der Waals surface area contributed by atoms with Crippen molar-refractivity contribution >= 4 is 0 Å². The number of nitrogens with one attached hydrogen (secondary N) is 1. The lowest BCUT2D eigenvalue weighted by atomic mass is 10.1. The Balaban J connectivity index is 1.44. The van der Waals surface area contributed by atoms with Crippen LogP contribution < -0.4 is 19.1 Å². The molecule has 0 amide bonds. The summed E-state index contributed by atoms with van der Waals surface area (Å²) < 4.78 is 16.5. The molecule has 1 aliphatic heterocycles. The fourth-order valence-corrected chi connectivity index (χ4v) is 3.61. The number of fused-ring (bicyclic) bond motifs is 1. The van der Waals surface area contributed by atoms with E-state index < -0.39 is 0 Å². The van der Waals surface area contributed by atoms with Crippen molar-refractivity contribution in [2.75, 3.05) is 19.9 Å². The third-order valence-electron chi connectivity index (χ3n) is 5.07. The van der Waals surface area contributed by atoms with Crippen molar-refractivity contribution < 1.29 is 19.1 Å². The molecule has 3 aromatic rings. The third kappa shape index (κ3) is 5.27. The summed E-state index contributed by atoms with van der Waals surface area (Å²) in [5.41, 5.74) is 3.82. The second-order valence-electron chi connectivity index (χ2n) is 7.23. The van der Waals surface area contributed by atoms with Crippen molar-refractivity contribution in [1.82, 2.24) is 4.98 Å². The Hall–Kier alpha value is -3.05. The highest BCUT2D eigenvalue weighted by atomic mass is 16.7. The number of benzene rings is 2. The van der Waals surface area contributed by atoms with Gasteiger partial charge >= 0.3 is 0 Å². The Morgan fingerprint density at radius 1 is 0.931 bits per heavy atom. The Morgan fingerprint density at radius 2 is 1.72 bits per heavy atom. The topological polar surface area (TPSA) is 45.0 Å². The van der Waals surface area contributed by atoms with Crippen LogP contribution in [0.15, 0.2) is 67.0 Å². The molecule has 5 heteroatoms. The normalized spacial score (nSPS) is 13.3. The molecule has 29 heavy (non-hydrogen) atoms. The van der Waals surface area contributed by atoms with Crippen LogP contribution in [0, 0.1) is 0 Å². The molecule has 1 N–H and O–H groups in total. The Morgan fingerprint density at radius 3 is 2.52 bits per heavy atom. The van der Waals surface area contributed by atoms with Crippen LogP contribution in [0.1, 0.15) is 23.6 Å². The SMILES string of the molecule is CCOc1ccc(C[NH+](CCc2ccc3c(c2)OCO3)Cc2cccnc2)cc1. The summed E-state index contributed by atoms with van der Waals surface area (Å²) in [7, 11) is 0. The highest BCUT2D eigenvalue weighted by molar-refractivity contribution is 5.44. The standard InChI is InChI=1S/C24H26N2O3/c1-2-27-22-8-5-20(6-9-22)16-26(17-21-4-3-12-25-15-21)13-11-19-7-10-23-24(14-19)29-18-28-23/h3-10,12,14-15H,2,11,13,16-18H2,1H3/p+1.